The Hall–Kier alpha value is -3.09. The van der Waals surface area contributed by atoms with E-state index >= 15 is 0 Å². The fraction of sp³-hybridized carbons (Fsp3) is 0.350. The number of hydrogen-bond donors (Lipinski definition) is 1. The molecular formula is C20H25N3O4. The Morgan fingerprint density at radius 3 is 2.37 bits per heavy atom. The predicted octanol–water partition coefficient (Wildman–Crippen LogP) is 2.15. The molecule has 7 nitrogen and oxygen atoms in total. The van der Waals surface area contributed by atoms with Crippen LogP contribution in [-0.4, -0.2) is 42.5 Å². The van der Waals surface area contributed by atoms with Gasteiger partial charge >= 0.3 is 0 Å². The number of carbonyl (C=O) groups is 2. The van der Waals surface area contributed by atoms with E-state index in [1.807, 2.05) is 24.3 Å². The Morgan fingerprint density at radius 1 is 1.04 bits per heavy atom. The van der Waals surface area contributed by atoms with Gasteiger partial charge in [-0.15, -0.1) is 0 Å². The van der Waals surface area contributed by atoms with Crippen LogP contribution in [0.4, 0.5) is 0 Å². The number of nitrogens with one attached hydrogen (secondary N) is 1. The van der Waals surface area contributed by atoms with Gasteiger partial charge in [-0.1, -0.05) is 6.07 Å². The molecule has 7 heteroatoms. The van der Waals surface area contributed by atoms with Gasteiger partial charge in [0, 0.05) is 45.4 Å². The lowest BCUT2D eigenvalue weighted by Gasteiger charge is -2.21. The first kappa shape index (κ1) is 20.2. The monoisotopic (exact) mass is 371 g/mol. The average molecular weight is 371 g/mol. The first-order valence-electron chi connectivity index (χ1n) is 8.65. The molecule has 27 heavy (non-hydrogen) atoms. The van der Waals surface area contributed by atoms with Gasteiger partial charge < -0.3 is 19.7 Å². The SMILES string of the molecule is COc1ccc(CN(CCC(=O)NCc2ccncc2)C(C)=O)cc1OC. The fourth-order valence-corrected chi connectivity index (χ4v) is 2.57. The third-order valence-electron chi connectivity index (χ3n) is 4.11. The predicted molar refractivity (Wildman–Crippen MR) is 101 cm³/mol. The molecule has 144 valence electrons. The van der Waals surface area contributed by atoms with E-state index in [0.29, 0.717) is 31.1 Å². The van der Waals surface area contributed by atoms with Gasteiger partial charge in [0.25, 0.3) is 0 Å². The molecule has 1 aromatic heterocycles. The molecule has 0 radical (unpaired) electrons. The summed E-state index contributed by atoms with van der Waals surface area (Å²) >= 11 is 0. The van der Waals surface area contributed by atoms with Gasteiger partial charge in [-0.25, -0.2) is 0 Å². The van der Waals surface area contributed by atoms with Crippen molar-refractivity contribution in [2.24, 2.45) is 0 Å². The third kappa shape index (κ3) is 6.29. The van der Waals surface area contributed by atoms with Crippen LogP contribution in [0.3, 0.4) is 0 Å². The molecule has 0 atom stereocenters. The Labute approximate surface area is 159 Å². The van der Waals surface area contributed by atoms with Crippen LogP contribution in [0.15, 0.2) is 42.7 Å². The fourth-order valence-electron chi connectivity index (χ4n) is 2.57. The topological polar surface area (TPSA) is 80.8 Å². The summed E-state index contributed by atoms with van der Waals surface area (Å²) in [5, 5.41) is 2.85. The number of aromatic nitrogens is 1. The number of methoxy groups -OCH3 is 2. The molecule has 0 unspecified atom stereocenters. The molecular weight excluding hydrogens is 346 g/mol. The molecule has 2 rings (SSSR count). The molecule has 0 aliphatic rings. The van der Waals surface area contributed by atoms with Gasteiger partial charge in [0.05, 0.1) is 14.2 Å². The minimum atomic E-state index is -0.106. The number of pyridine rings is 1. The lowest BCUT2D eigenvalue weighted by Crippen LogP contribution is -2.33. The van der Waals surface area contributed by atoms with E-state index in [4.69, 9.17) is 9.47 Å². The maximum Gasteiger partial charge on any atom is 0.222 e. The molecule has 0 saturated carbocycles. The molecule has 0 fully saturated rings. The standard InChI is InChI=1S/C20H25N3O4/c1-15(24)23(14-17-4-5-18(26-2)19(12-17)27-3)11-8-20(25)22-13-16-6-9-21-10-7-16/h4-7,9-10,12H,8,11,13-14H2,1-3H3,(H,22,25). The second-order valence-corrected chi connectivity index (χ2v) is 6.01. The summed E-state index contributed by atoms with van der Waals surface area (Å²) in [4.78, 5) is 29.6. The van der Waals surface area contributed by atoms with Crippen molar-refractivity contribution < 1.29 is 19.1 Å². The minimum Gasteiger partial charge on any atom is -0.493 e. The lowest BCUT2D eigenvalue weighted by atomic mass is 10.1. The summed E-state index contributed by atoms with van der Waals surface area (Å²) in [6.45, 7) is 2.67. The summed E-state index contributed by atoms with van der Waals surface area (Å²) < 4.78 is 10.5. The van der Waals surface area contributed by atoms with E-state index in [2.05, 4.69) is 10.3 Å². The number of carbonyl (C=O) groups excluding carboxylic acids is 2. The van der Waals surface area contributed by atoms with Crippen molar-refractivity contribution in [3.63, 3.8) is 0 Å². The highest BCUT2D eigenvalue weighted by atomic mass is 16.5. The second-order valence-electron chi connectivity index (χ2n) is 6.01. The second kappa shape index (κ2) is 10.2. The van der Waals surface area contributed by atoms with Crippen molar-refractivity contribution >= 4 is 11.8 Å². The largest absolute Gasteiger partial charge is 0.493 e. The average Bonchev–Trinajstić information content (AvgIpc) is 2.69. The smallest absolute Gasteiger partial charge is 0.222 e. The van der Waals surface area contributed by atoms with E-state index in [-0.39, 0.29) is 18.2 Å². The quantitative estimate of drug-likeness (QED) is 0.731. The van der Waals surface area contributed by atoms with Crippen LogP contribution in [-0.2, 0) is 22.7 Å². The van der Waals surface area contributed by atoms with Crippen molar-refractivity contribution in [2.75, 3.05) is 20.8 Å². The number of rotatable bonds is 9. The maximum absolute atomic E-state index is 12.1. The first-order valence-corrected chi connectivity index (χ1v) is 8.65. The summed E-state index contributed by atoms with van der Waals surface area (Å²) in [5.41, 5.74) is 1.88. The van der Waals surface area contributed by atoms with Gasteiger partial charge in [0.2, 0.25) is 11.8 Å². The molecule has 0 saturated heterocycles. The minimum absolute atomic E-state index is 0.0910. The molecule has 2 amide bonds. The summed E-state index contributed by atoms with van der Waals surface area (Å²) in [6, 6.07) is 9.20. The number of nitrogens with zero attached hydrogens (tertiary/aromatic N) is 2. The van der Waals surface area contributed by atoms with Crippen molar-refractivity contribution in [1.29, 1.82) is 0 Å². The van der Waals surface area contributed by atoms with Crippen LogP contribution in [0.5, 0.6) is 11.5 Å². The lowest BCUT2D eigenvalue weighted by molar-refractivity contribution is -0.130. The highest BCUT2D eigenvalue weighted by molar-refractivity contribution is 5.78. The molecule has 0 aliphatic heterocycles. The molecule has 0 spiro atoms. The summed E-state index contributed by atoms with van der Waals surface area (Å²) in [5.74, 6) is 1.04. The Balaban J connectivity index is 1.89. The van der Waals surface area contributed by atoms with Gasteiger partial charge in [-0.2, -0.15) is 0 Å². The van der Waals surface area contributed by atoms with E-state index in [9.17, 15) is 9.59 Å². The molecule has 0 aliphatic carbocycles. The van der Waals surface area contributed by atoms with Crippen LogP contribution in [0.1, 0.15) is 24.5 Å². The maximum atomic E-state index is 12.1. The van der Waals surface area contributed by atoms with Crippen LogP contribution in [0.2, 0.25) is 0 Å². The van der Waals surface area contributed by atoms with Crippen molar-refractivity contribution in [3.05, 3.63) is 53.9 Å². The van der Waals surface area contributed by atoms with Crippen molar-refractivity contribution in [1.82, 2.24) is 15.2 Å². The van der Waals surface area contributed by atoms with Crippen molar-refractivity contribution in [3.8, 4) is 11.5 Å². The zero-order chi connectivity index (χ0) is 19.6. The zero-order valence-corrected chi connectivity index (χ0v) is 15.9. The number of hydrogen-bond acceptors (Lipinski definition) is 5. The van der Waals surface area contributed by atoms with E-state index in [1.54, 1.807) is 37.6 Å². The van der Waals surface area contributed by atoms with E-state index in [1.165, 1.54) is 6.92 Å². The number of amides is 2. The number of ether oxygens (including phenoxy) is 2. The Kier molecular flexibility index (Phi) is 7.61. The zero-order valence-electron chi connectivity index (χ0n) is 15.9. The van der Waals surface area contributed by atoms with Crippen LogP contribution in [0.25, 0.3) is 0 Å². The molecule has 1 heterocycles. The molecule has 2 aromatic rings. The van der Waals surface area contributed by atoms with Gasteiger partial charge in [0.15, 0.2) is 11.5 Å². The Bertz CT molecular complexity index is 765. The Morgan fingerprint density at radius 2 is 1.74 bits per heavy atom. The summed E-state index contributed by atoms with van der Waals surface area (Å²) in [7, 11) is 3.14. The number of benzene rings is 1. The third-order valence-corrected chi connectivity index (χ3v) is 4.11. The van der Waals surface area contributed by atoms with Crippen LogP contribution in [0, 0.1) is 0 Å². The highest BCUT2D eigenvalue weighted by Gasteiger charge is 2.13. The first-order chi connectivity index (χ1) is 13.0. The summed E-state index contributed by atoms with van der Waals surface area (Å²) in [6.07, 6.45) is 3.60. The van der Waals surface area contributed by atoms with Gasteiger partial charge in [-0.3, -0.25) is 14.6 Å². The van der Waals surface area contributed by atoms with E-state index < -0.39 is 0 Å². The molecule has 1 N–H and O–H groups in total. The molecule has 0 bridgehead atoms. The van der Waals surface area contributed by atoms with Gasteiger partial charge in [0.1, 0.15) is 0 Å². The highest BCUT2D eigenvalue weighted by Crippen LogP contribution is 2.28. The van der Waals surface area contributed by atoms with Crippen LogP contribution >= 0.6 is 0 Å². The normalized spacial score (nSPS) is 10.2. The molecule has 1 aromatic carbocycles. The van der Waals surface area contributed by atoms with Crippen molar-refractivity contribution in [2.45, 2.75) is 26.4 Å². The van der Waals surface area contributed by atoms with Crippen LogP contribution < -0.4 is 14.8 Å². The van der Waals surface area contributed by atoms with Gasteiger partial charge in [-0.05, 0) is 35.4 Å². The van der Waals surface area contributed by atoms with E-state index in [0.717, 1.165) is 11.1 Å².